The number of amides is 1. The Bertz CT molecular complexity index is 525. The highest BCUT2D eigenvalue weighted by atomic mass is 35.5. The number of aryl methyl sites for hydroxylation is 1. The number of nitrogens with zero attached hydrogens (tertiary/aromatic N) is 1. The molecule has 1 N–H and O–H groups in total. The van der Waals surface area contributed by atoms with Crippen molar-refractivity contribution >= 4 is 17.7 Å². The number of hydrogen-bond donors (Lipinski definition) is 1. The maximum atomic E-state index is 12.2. The molecule has 1 aromatic rings. The fraction of sp³-hybridized carbons (Fsp3) is 0.562. The number of benzene rings is 1. The first-order chi connectivity index (χ1) is 9.76. The first kappa shape index (κ1) is 16.1. The minimum Gasteiger partial charge on any atom is -0.444 e. The molecule has 1 saturated heterocycles. The highest BCUT2D eigenvalue weighted by Crippen LogP contribution is 2.26. The normalized spacial score (nSPS) is 19.5. The predicted molar refractivity (Wildman–Crippen MR) is 84.7 cm³/mol. The van der Waals surface area contributed by atoms with Crippen LogP contribution in [-0.2, 0) is 4.74 Å². The summed E-state index contributed by atoms with van der Waals surface area (Å²) >= 11 is 6.29. The Hall–Kier alpha value is -1.26. The highest BCUT2D eigenvalue weighted by Gasteiger charge is 2.28. The molecule has 0 aliphatic carbocycles. The topological polar surface area (TPSA) is 41.6 Å². The molecule has 1 fully saturated rings. The van der Waals surface area contributed by atoms with Crippen LogP contribution in [0.2, 0.25) is 5.02 Å². The number of hydrogen-bond acceptors (Lipinski definition) is 3. The van der Waals surface area contributed by atoms with Crippen molar-refractivity contribution < 1.29 is 9.53 Å². The molecule has 1 aliphatic heterocycles. The van der Waals surface area contributed by atoms with Crippen LogP contribution in [0.1, 0.15) is 37.9 Å². The van der Waals surface area contributed by atoms with Crippen LogP contribution in [0.15, 0.2) is 18.2 Å². The maximum absolute atomic E-state index is 12.2. The number of ether oxygens (including phenoxy) is 1. The van der Waals surface area contributed by atoms with E-state index in [0.29, 0.717) is 13.1 Å². The molecule has 0 saturated carbocycles. The molecule has 1 aromatic carbocycles. The minimum absolute atomic E-state index is 0.0404. The first-order valence-electron chi connectivity index (χ1n) is 7.23. The lowest BCUT2D eigenvalue weighted by atomic mass is 10.0. The van der Waals surface area contributed by atoms with E-state index in [1.54, 1.807) is 4.90 Å². The molecule has 2 rings (SSSR count). The molecule has 1 atom stereocenters. The van der Waals surface area contributed by atoms with E-state index in [1.807, 2.05) is 39.8 Å². The van der Waals surface area contributed by atoms with Crippen molar-refractivity contribution in [2.45, 2.75) is 39.3 Å². The molecule has 1 aliphatic rings. The summed E-state index contributed by atoms with van der Waals surface area (Å²) in [6.07, 6.45) is -0.266. The van der Waals surface area contributed by atoms with Gasteiger partial charge in [-0.3, -0.25) is 0 Å². The lowest BCUT2D eigenvalue weighted by molar-refractivity contribution is 0.0195. The van der Waals surface area contributed by atoms with Crippen LogP contribution in [0, 0.1) is 6.92 Å². The molecule has 0 aromatic heterocycles. The molecule has 116 valence electrons. The van der Waals surface area contributed by atoms with Gasteiger partial charge < -0.3 is 15.0 Å². The molecular formula is C16H23ClN2O2. The Kier molecular flexibility index (Phi) is 4.79. The van der Waals surface area contributed by atoms with Crippen LogP contribution in [0.3, 0.4) is 0 Å². The standard InChI is InChI=1S/C16H23ClN2O2/c1-11-5-6-13(17)12(9-11)14-10-19(8-7-18-14)15(20)21-16(2,3)4/h5-6,9,14,18H,7-8,10H2,1-4H3. The average molecular weight is 311 g/mol. The van der Waals surface area contributed by atoms with E-state index in [4.69, 9.17) is 16.3 Å². The third kappa shape index (κ3) is 4.35. The largest absolute Gasteiger partial charge is 0.444 e. The minimum atomic E-state index is -0.474. The molecule has 0 radical (unpaired) electrons. The van der Waals surface area contributed by atoms with Gasteiger partial charge in [0.2, 0.25) is 0 Å². The molecule has 1 amide bonds. The third-order valence-corrected chi connectivity index (χ3v) is 3.70. The zero-order chi connectivity index (χ0) is 15.6. The summed E-state index contributed by atoms with van der Waals surface area (Å²) in [5.41, 5.74) is 1.72. The van der Waals surface area contributed by atoms with Crippen molar-refractivity contribution in [2.75, 3.05) is 19.6 Å². The number of rotatable bonds is 1. The fourth-order valence-electron chi connectivity index (χ4n) is 2.38. The van der Waals surface area contributed by atoms with Gasteiger partial charge in [-0.25, -0.2) is 4.79 Å². The van der Waals surface area contributed by atoms with Crippen molar-refractivity contribution in [1.82, 2.24) is 10.2 Å². The number of piperazine rings is 1. The molecule has 0 spiro atoms. The summed E-state index contributed by atoms with van der Waals surface area (Å²) in [6, 6.07) is 6.00. The van der Waals surface area contributed by atoms with Crippen LogP contribution < -0.4 is 5.32 Å². The van der Waals surface area contributed by atoms with Crippen LogP contribution in [0.5, 0.6) is 0 Å². The summed E-state index contributed by atoms with van der Waals surface area (Å²) in [4.78, 5) is 13.9. The second-order valence-corrected chi connectivity index (χ2v) is 6.87. The third-order valence-electron chi connectivity index (χ3n) is 3.35. The molecule has 0 bridgehead atoms. The number of halogens is 1. The number of carbonyl (C=O) groups is 1. The van der Waals surface area contributed by atoms with Gasteiger partial charge in [0.05, 0.1) is 6.04 Å². The van der Waals surface area contributed by atoms with E-state index in [2.05, 4.69) is 11.4 Å². The molecule has 4 nitrogen and oxygen atoms in total. The van der Waals surface area contributed by atoms with Gasteiger partial charge in [-0.2, -0.15) is 0 Å². The van der Waals surface area contributed by atoms with Gasteiger partial charge in [-0.05, 0) is 39.3 Å². The Balaban J connectivity index is 2.10. The highest BCUT2D eigenvalue weighted by molar-refractivity contribution is 6.31. The zero-order valence-corrected chi connectivity index (χ0v) is 13.8. The summed E-state index contributed by atoms with van der Waals surface area (Å²) < 4.78 is 5.44. The molecule has 21 heavy (non-hydrogen) atoms. The van der Waals surface area contributed by atoms with Crippen molar-refractivity contribution in [3.05, 3.63) is 34.3 Å². The van der Waals surface area contributed by atoms with Crippen molar-refractivity contribution in [3.8, 4) is 0 Å². The first-order valence-corrected chi connectivity index (χ1v) is 7.61. The molecule has 1 unspecified atom stereocenters. The van der Waals surface area contributed by atoms with E-state index < -0.39 is 5.60 Å². The van der Waals surface area contributed by atoms with Crippen molar-refractivity contribution in [2.24, 2.45) is 0 Å². The fourth-order valence-corrected chi connectivity index (χ4v) is 2.63. The van der Waals surface area contributed by atoms with E-state index in [-0.39, 0.29) is 12.1 Å². The van der Waals surface area contributed by atoms with Crippen molar-refractivity contribution in [1.29, 1.82) is 0 Å². The Labute approximate surface area is 131 Å². The van der Waals surface area contributed by atoms with Gasteiger partial charge in [-0.15, -0.1) is 0 Å². The smallest absolute Gasteiger partial charge is 0.410 e. The number of nitrogens with one attached hydrogen (secondary N) is 1. The van der Waals surface area contributed by atoms with Crippen molar-refractivity contribution in [3.63, 3.8) is 0 Å². The average Bonchev–Trinajstić information content (AvgIpc) is 2.40. The van der Waals surface area contributed by atoms with Gasteiger partial charge in [0, 0.05) is 24.7 Å². The van der Waals surface area contributed by atoms with E-state index in [1.165, 1.54) is 0 Å². The van der Waals surface area contributed by atoms with Gasteiger partial charge >= 0.3 is 6.09 Å². The molecule has 5 heteroatoms. The Morgan fingerprint density at radius 3 is 2.81 bits per heavy atom. The van der Waals surface area contributed by atoms with Crippen LogP contribution >= 0.6 is 11.6 Å². The van der Waals surface area contributed by atoms with Gasteiger partial charge in [0.25, 0.3) is 0 Å². The lowest BCUT2D eigenvalue weighted by Gasteiger charge is -2.35. The number of carbonyl (C=O) groups excluding carboxylic acids is 1. The maximum Gasteiger partial charge on any atom is 0.410 e. The summed E-state index contributed by atoms with van der Waals surface area (Å²) in [7, 11) is 0. The van der Waals surface area contributed by atoms with E-state index >= 15 is 0 Å². The van der Waals surface area contributed by atoms with E-state index in [9.17, 15) is 4.79 Å². The van der Waals surface area contributed by atoms with Gasteiger partial charge in [0.1, 0.15) is 5.60 Å². The van der Waals surface area contributed by atoms with Crippen LogP contribution in [0.4, 0.5) is 4.79 Å². The Morgan fingerprint density at radius 1 is 1.43 bits per heavy atom. The monoisotopic (exact) mass is 310 g/mol. The second kappa shape index (κ2) is 6.24. The predicted octanol–water partition coefficient (Wildman–Crippen LogP) is 3.53. The quantitative estimate of drug-likeness (QED) is 0.863. The van der Waals surface area contributed by atoms with Crippen LogP contribution in [-0.4, -0.2) is 36.2 Å². The SMILES string of the molecule is Cc1ccc(Cl)c(C2CN(C(=O)OC(C)(C)C)CCN2)c1. The summed E-state index contributed by atoms with van der Waals surface area (Å²) in [6.45, 7) is 9.61. The van der Waals surface area contributed by atoms with Gasteiger partial charge in [0.15, 0.2) is 0 Å². The summed E-state index contributed by atoms with van der Waals surface area (Å²) in [5.74, 6) is 0. The molecular weight excluding hydrogens is 288 g/mol. The van der Waals surface area contributed by atoms with Gasteiger partial charge in [-0.1, -0.05) is 29.3 Å². The lowest BCUT2D eigenvalue weighted by Crippen LogP contribution is -2.49. The van der Waals surface area contributed by atoms with Crippen LogP contribution in [0.25, 0.3) is 0 Å². The summed E-state index contributed by atoms with van der Waals surface area (Å²) in [5, 5.41) is 4.14. The molecule has 1 heterocycles. The Morgan fingerprint density at radius 2 is 2.14 bits per heavy atom. The second-order valence-electron chi connectivity index (χ2n) is 6.46. The van der Waals surface area contributed by atoms with E-state index in [0.717, 1.165) is 22.7 Å². The zero-order valence-electron chi connectivity index (χ0n) is 13.1.